The second kappa shape index (κ2) is 9.97. The fourth-order valence-corrected chi connectivity index (χ4v) is 5.08. The summed E-state index contributed by atoms with van der Waals surface area (Å²) in [6, 6.07) is 18.1. The van der Waals surface area contributed by atoms with Gasteiger partial charge in [0, 0.05) is 29.5 Å². The Morgan fingerprint density at radius 2 is 1.77 bits per heavy atom. The van der Waals surface area contributed by atoms with E-state index in [0.29, 0.717) is 39.5 Å². The molecule has 0 unspecified atom stereocenters. The van der Waals surface area contributed by atoms with Crippen molar-refractivity contribution < 1.29 is 19.1 Å². The molecule has 1 aromatic heterocycles. The number of likely N-dealkylation sites (N-methyl/N-ethyl adjacent to an activating group) is 1. The Hall–Kier alpha value is -4.54. The molecule has 4 N–H and O–H groups in total. The summed E-state index contributed by atoms with van der Waals surface area (Å²) in [7, 11) is 2.99. The number of esters is 1. The van der Waals surface area contributed by atoms with Gasteiger partial charge in [-0.1, -0.05) is 12.1 Å². The van der Waals surface area contributed by atoms with Crippen LogP contribution in [0.25, 0.3) is 21.5 Å². The van der Waals surface area contributed by atoms with E-state index in [1.807, 2.05) is 42.5 Å². The molecule has 0 aliphatic carbocycles. The van der Waals surface area contributed by atoms with Crippen molar-refractivity contribution in [3.05, 3.63) is 82.9 Å². The smallest absolute Gasteiger partial charge is 0.337 e. The van der Waals surface area contributed by atoms with Crippen LogP contribution < -0.4 is 21.3 Å². The molecule has 5 rings (SSSR count). The summed E-state index contributed by atoms with van der Waals surface area (Å²) in [5.74, 6) is -1.01. The maximum Gasteiger partial charge on any atom is 0.337 e. The molecule has 0 atom stereocenters. The van der Waals surface area contributed by atoms with Crippen LogP contribution >= 0.6 is 11.3 Å². The van der Waals surface area contributed by atoms with Crippen molar-refractivity contribution in [3.63, 3.8) is 0 Å². The highest BCUT2D eigenvalue weighted by Crippen LogP contribution is 2.39. The summed E-state index contributed by atoms with van der Waals surface area (Å²) in [6.45, 7) is 3.33. The molecule has 2 heterocycles. The van der Waals surface area contributed by atoms with E-state index in [2.05, 4.69) is 15.6 Å². The van der Waals surface area contributed by atoms with Crippen LogP contribution in [0.3, 0.4) is 0 Å². The Kier molecular flexibility index (Phi) is 6.67. The van der Waals surface area contributed by atoms with E-state index < -0.39 is 11.5 Å². The minimum Gasteiger partial charge on any atom is -0.465 e. The van der Waals surface area contributed by atoms with E-state index in [4.69, 9.17) is 10.5 Å². The number of amides is 2. The van der Waals surface area contributed by atoms with Gasteiger partial charge in [-0.2, -0.15) is 0 Å². The summed E-state index contributed by atoms with van der Waals surface area (Å²) < 4.78 is 5.85. The first kappa shape index (κ1) is 26.1. The molecule has 1 aliphatic heterocycles. The third kappa shape index (κ3) is 4.99. The number of nitrogens with two attached hydrogens (primary N) is 1. The fraction of sp³-hybridized carbons (Fsp3) is 0.172. The molecule has 0 spiro atoms. The van der Waals surface area contributed by atoms with Gasteiger partial charge in [0.2, 0.25) is 5.91 Å². The van der Waals surface area contributed by atoms with E-state index >= 15 is 0 Å². The van der Waals surface area contributed by atoms with Crippen molar-refractivity contribution in [1.82, 2.24) is 4.98 Å². The minimum atomic E-state index is -1.01. The van der Waals surface area contributed by atoms with Crippen LogP contribution in [0.4, 0.5) is 17.1 Å². The SMILES string of the molecule is COC(=O)c1ccc2c(c1)NC(=O)/C2=C(\Nc1ccc(N(C)C(=O)C(C)(C)N)cc1)c1ccc2scnc2c1. The maximum atomic E-state index is 13.3. The number of hydrogen-bond acceptors (Lipinski definition) is 8. The quantitative estimate of drug-likeness (QED) is 0.238. The molecule has 3 aromatic carbocycles. The highest BCUT2D eigenvalue weighted by atomic mass is 32.1. The highest BCUT2D eigenvalue weighted by molar-refractivity contribution is 7.16. The minimum absolute atomic E-state index is 0.215. The van der Waals surface area contributed by atoms with Crippen molar-refractivity contribution >= 4 is 67.7 Å². The maximum absolute atomic E-state index is 13.3. The highest BCUT2D eigenvalue weighted by Gasteiger charge is 2.30. The van der Waals surface area contributed by atoms with Gasteiger partial charge in [0.05, 0.1) is 50.9 Å². The van der Waals surface area contributed by atoms with Gasteiger partial charge in [-0.25, -0.2) is 9.78 Å². The van der Waals surface area contributed by atoms with Crippen LogP contribution in [0.5, 0.6) is 0 Å². The molecule has 198 valence electrons. The van der Waals surface area contributed by atoms with Crippen LogP contribution in [0, 0.1) is 0 Å². The molecule has 2 amide bonds. The number of methoxy groups -OCH3 is 1. The molecule has 4 aromatic rings. The van der Waals surface area contributed by atoms with Gasteiger partial charge in [-0.05, 0) is 62.4 Å². The Bertz CT molecular complexity index is 1650. The van der Waals surface area contributed by atoms with Gasteiger partial charge in [-0.3, -0.25) is 9.59 Å². The van der Waals surface area contributed by atoms with Crippen LogP contribution in [0.15, 0.2) is 66.2 Å². The largest absolute Gasteiger partial charge is 0.465 e. The number of anilines is 3. The van der Waals surface area contributed by atoms with Gasteiger partial charge in [0.25, 0.3) is 5.91 Å². The third-order valence-corrected chi connectivity index (χ3v) is 7.24. The van der Waals surface area contributed by atoms with Crippen LogP contribution in [-0.2, 0) is 14.3 Å². The zero-order chi connectivity index (χ0) is 27.9. The number of benzene rings is 3. The summed E-state index contributed by atoms with van der Waals surface area (Å²) in [6.07, 6.45) is 0. The molecule has 10 heteroatoms. The van der Waals surface area contributed by atoms with E-state index in [1.54, 1.807) is 44.6 Å². The van der Waals surface area contributed by atoms with Crippen molar-refractivity contribution in [1.29, 1.82) is 0 Å². The zero-order valence-corrected chi connectivity index (χ0v) is 22.7. The summed E-state index contributed by atoms with van der Waals surface area (Å²) >= 11 is 1.54. The van der Waals surface area contributed by atoms with Crippen LogP contribution in [0.2, 0.25) is 0 Å². The number of hydrogen-bond donors (Lipinski definition) is 3. The monoisotopic (exact) mass is 541 g/mol. The standard InChI is InChI=1S/C29H27N5O4S/c1-29(2,30)28(37)34(3)19-9-7-18(8-10-19)32-25(16-6-12-23-22(13-16)31-15-39-23)24-20-11-5-17(27(36)38-4)14-21(20)33-26(24)35/h5-15,32H,30H2,1-4H3,(H,33,35)/b25-24-. The number of aromatic nitrogens is 1. The van der Waals surface area contributed by atoms with Gasteiger partial charge >= 0.3 is 5.97 Å². The number of carbonyl (C=O) groups excluding carboxylic acids is 3. The van der Waals surface area contributed by atoms with Crippen LogP contribution in [0.1, 0.15) is 35.3 Å². The van der Waals surface area contributed by atoms with E-state index in [-0.39, 0.29) is 11.8 Å². The molecule has 0 fully saturated rings. The Balaban J connectivity index is 1.58. The number of carbonyl (C=O) groups is 3. The number of nitrogens with one attached hydrogen (secondary N) is 2. The Morgan fingerprint density at radius 3 is 2.46 bits per heavy atom. The lowest BCUT2D eigenvalue weighted by Gasteiger charge is -2.26. The first-order valence-electron chi connectivity index (χ1n) is 12.1. The first-order chi connectivity index (χ1) is 18.6. The average molecular weight is 542 g/mol. The van der Waals surface area contributed by atoms with Crippen molar-refractivity contribution in [2.24, 2.45) is 5.73 Å². The average Bonchev–Trinajstić information content (AvgIpc) is 3.52. The molecular formula is C29H27N5O4S. The second-order valence-corrected chi connectivity index (χ2v) is 10.6. The topological polar surface area (TPSA) is 127 Å². The van der Waals surface area contributed by atoms with Crippen LogP contribution in [-0.4, -0.2) is 42.5 Å². The fourth-order valence-electron chi connectivity index (χ4n) is 4.42. The summed E-state index contributed by atoms with van der Waals surface area (Å²) in [5, 5.41) is 6.29. The zero-order valence-electron chi connectivity index (χ0n) is 21.9. The lowest BCUT2D eigenvalue weighted by Crippen LogP contribution is -2.49. The Morgan fingerprint density at radius 1 is 1.05 bits per heavy atom. The molecular weight excluding hydrogens is 514 g/mol. The van der Waals surface area contributed by atoms with Crippen molar-refractivity contribution in [3.8, 4) is 0 Å². The molecule has 1 aliphatic rings. The molecule has 0 radical (unpaired) electrons. The third-order valence-electron chi connectivity index (χ3n) is 6.43. The van der Waals surface area contributed by atoms with Crippen molar-refractivity contribution in [2.75, 3.05) is 29.7 Å². The van der Waals surface area contributed by atoms with Gasteiger partial charge in [-0.15, -0.1) is 11.3 Å². The molecule has 0 bridgehead atoms. The molecule has 0 saturated heterocycles. The van der Waals surface area contributed by atoms with E-state index in [1.165, 1.54) is 23.3 Å². The number of thiazole rings is 1. The predicted molar refractivity (Wildman–Crippen MR) is 155 cm³/mol. The summed E-state index contributed by atoms with van der Waals surface area (Å²) in [4.78, 5) is 43.9. The van der Waals surface area contributed by atoms with E-state index in [0.717, 1.165) is 15.8 Å². The predicted octanol–water partition coefficient (Wildman–Crippen LogP) is 4.72. The summed E-state index contributed by atoms with van der Waals surface area (Å²) in [5.41, 5.74) is 12.3. The van der Waals surface area contributed by atoms with Gasteiger partial charge in [0.15, 0.2) is 0 Å². The lowest BCUT2D eigenvalue weighted by atomic mass is 9.98. The second-order valence-electron chi connectivity index (χ2n) is 9.75. The van der Waals surface area contributed by atoms with Crippen molar-refractivity contribution in [2.45, 2.75) is 19.4 Å². The molecule has 9 nitrogen and oxygen atoms in total. The number of nitrogens with zero attached hydrogens (tertiary/aromatic N) is 2. The normalized spacial score (nSPS) is 14.0. The number of rotatable bonds is 6. The van der Waals surface area contributed by atoms with Gasteiger partial charge in [0.1, 0.15) is 0 Å². The number of fused-ring (bicyclic) bond motifs is 2. The van der Waals surface area contributed by atoms with Gasteiger partial charge < -0.3 is 26.0 Å². The lowest BCUT2D eigenvalue weighted by molar-refractivity contribution is -0.122. The molecule has 0 saturated carbocycles. The number of ether oxygens (including phenoxy) is 1. The molecule has 39 heavy (non-hydrogen) atoms. The first-order valence-corrected chi connectivity index (χ1v) is 13.0. The Labute approximate surface area is 229 Å². The van der Waals surface area contributed by atoms with E-state index in [9.17, 15) is 14.4 Å².